The van der Waals surface area contributed by atoms with Crippen molar-refractivity contribution in [3.8, 4) is 0 Å². The van der Waals surface area contributed by atoms with E-state index in [4.69, 9.17) is 16.4 Å². The molecule has 0 aliphatic heterocycles. The molecule has 2 fully saturated rings. The lowest BCUT2D eigenvalue weighted by molar-refractivity contribution is -0.149. The van der Waals surface area contributed by atoms with Crippen molar-refractivity contribution in [2.45, 2.75) is 63.2 Å². The van der Waals surface area contributed by atoms with Crippen molar-refractivity contribution in [3.05, 3.63) is 0 Å². The number of hydrogen-bond acceptors (Lipinski definition) is 3. The summed E-state index contributed by atoms with van der Waals surface area (Å²) in [5.74, 6) is -0.0999. The Hall–Kier alpha value is -0.570. The van der Waals surface area contributed by atoms with Gasteiger partial charge in [-0.3, -0.25) is 0 Å². The van der Waals surface area contributed by atoms with E-state index in [-0.39, 0.29) is 17.3 Å². The zero-order chi connectivity index (χ0) is 12.1. The van der Waals surface area contributed by atoms with Crippen LogP contribution in [0.2, 0.25) is 0 Å². The fourth-order valence-corrected chi connectivity index (χ4v) is 2.88. The number of hydrogen-bond donors (Lipinski definition) is 0. The molecule has 2 rings (SSSR count). The molecule has 0 aromatic carbocycles. The highest BCUT2D eigenvalue weighted by Crippen LogP contribution is 2.25. The Morgan fingerprint density at radius 1 is 1.12 bits per heavy atom. The average Bonchev–Trinajstić information content (AvgIpc) is 2.38. The van der Waals surface area contributed by atoms with Gasteiger partial charge >= 0.3 is 5.97 Å². The van der Waals surface area contributed by atoms with E-state index < -0.39 is 0 Å². The topological polar surface area (TPSA) is 38.7 Å². The van der Waals surface area contributed by atoms with Crippen LogP contribution in [0.4, 0.5) is 0 Å². The Kier molecular flexibility index (Phi) is 4.84. The standard InChI is InChI=1S/C13H20ClNO2/c14-11-8-4-5-9-12(11)15-17-13(16)10-6-2-1-3-7-10/h10-11H,1-9H2/b15-12-. The molecule has 2 aliphatic rings. The Bertz CT molecular complexity index is 298. The second kappa shape index (κ2) is 6.39. The molecular formula is C13H20ClNO2. The largest absolute Gasteiger partial charge is 0.338 e. The summed E-state index contributed by atoms with van der Waals surface area (Å²) in [4.78, 5) is 16.8. The van der Waals surface area contributed by atoms with Crippen molar-refractivity contribution < 1.29 is 9.63 Å². The predicted molar refractivity (Wildman–Crippen MR) is 68.2 cm³/mol. The molecule has 3 nitrogen and oxygen atoms in total. The molecule has 17 heavy (non-hydrogen) atoms. The fraction of sp³-hybridized carbons (Fsp3) is 0.846. The summed E-state index contributed by atoms with van der Waals surface area (Å²) >= 11 is 6.13. The van der Waals surface area contributed by atoms with Crippen LogP contribution < -0.4 is 0 Å². The molecule has 0 aromatic heterocycles. The highest BCUT2D eigenvalue weighted by molar-refractivity contribution is 6.32. The minimum atomic E-state index is -0.161. The van der Waals surface area contributed by atoms with Crippen LogP contribution in [0.15, 0.2) is 5.16 Å². The highest BCUT2D eigenvalue weighted by Gasteiger charge is 2.24. The molecule has 0 spiro atoms. The lowest BCUT2D eigenvalue weighted by atomic mass is 9.89. The van der Waals surface area contributed by atoms with Crippen LogP contribution in [0.1, 0.15) is 57.8 Å². The maximum Gasteiger partial charge on any atom is 0.338 e. The summed E-state index contributed by atoms with van der Waals surface area (Å²) in [5.41, 5.74) is 0.849. The summed E-state index contributed by atoms with van der Waals surface area (Å²) in [6.07, 6.45) is 9.47. The molecule has 0 radical (unpaired) electrons. The van der Waals surface area contributed by atoms with Gasteiger partial charge < -0.3 is 4.84 Å². The summed E-state index contributed by atoms with van der Waals surface area (Å²) in [5, 5.41) is 3.94. The first-order chi connectivity index (χ1) is 8.27. The van der Waals surface area contributed by atoms with Crippen LogP contribution in [0, 0.1) is 5.92 Å². The van der Waals surface area contributed by atoms with Crippen LogP contribution in [-0.2, 0) is 9.63 Å². The Labute approximate surface area is 108 Å². The van der Waals surface area contributed by atoms with Gasteiger partial charge in [-0.1, -0.05) is 30.8 Å². The lowest BCUT2D eigenvalue weighted by Gasteiger charge is -2.20. The molecule has 0 N–H and O–H groups in total. The molecule has 1 atom stereocenters. The third-order valence-electron chi connectivity index (χ3n) is 3.69. The number of rotatable bonds is 2. The van der Waals surface area contributed by atoms with E-state index in [2.05, 4.69) is 5.16 Å². The normalized spacial score (nSPS) is 29.2. The van der Waals surface area contributed by atoms with Crippen molar-refractivity contribution in [2.75, 3.05) is 0 Å². The van der Waals surface area contributed by atoms with Gasteiger partial charge in [0, 0.05) is 0 Å². The molecular weight excluding hydrogens is 238 g/mol. The average molecular weight is 258 g/mol. The van der Waals surface area contributed by atoms with Gasteiger partial charge in [0.05, 0.1) is 17.0 Å². The zero-order valence-electron chi connectivity index (χ0n) is 10.2. The van der Waals surface area contributed by atoms with Gasteiger partial charge in [-0.05, 0) is 32.1 Å². The molecule has 0 aromatic rings. The first-order valence-electron chi connectivity index (χ1n) is 6.69. The van der Waals surface area contributed by atoms with Gasteiger partial charge in [0.2, 0.25) is 0 Å². The van der Waals surface area contributed by atoms with Gasteiger partial charge in [0.15, 0.2) is 0 Å². The maximum absolute atomic E-state index is 11.8. The molecule has 0 heterocycles. The van der Waals surface area contributed by atoms with Crippen molar-refractivity contribution in [3.63, 3.8) is 0 Å². The van der Waals surface area contributed by atoms with Crippen molar-refractivity contribution in [2.24, 2.45) is 11.1 Å². The van der Waals surface area contributed by atoms with E-state index in [1.54, 1.807) is 0 Å². The molecule has 2 aliphatic carbocycles. The quantitative estimate of drug-likeness (QED) is 0.430. The first kappa shape index (κ1) is 12.9. The van der Waals surface area contributed by atoms with Crippen LogP contribution in [0.25, 0.3) is 0 Å². The molecule has 96 valence electrons. The van der Waals surface area contributed by atoms with E-state index in [0.717, 1.165) is 57.1 Å². The summed E-state index contributed by atoms with van der Waals surface area (Å²) in [7, 11) is 0. The molecule has 4 heteroatoms. The van der Waals surface area contributed by atoms with Gasteiger partial charge in [-0.15, -0.1) is 11.6 Å². The van der Waals surface area contributed by atoms with E-state index in [1.165, 1.54) is 6.42 Å². The third-order valence-corrected chi connectivity index (χ3v) is 4.16. The Morgan fingerprint density at radius 2 is 1.82 bits per heavy atom. The van der Waals surface area contributed by atoms with E-state index in [0.29, 0.717) is 0 Å². The number of carbonyl (C=O) groups excluding carboxylic acids is 1. The summed E-state index contributed by atoms with van der Waals surface area (Å²) in [6.45, 7) is 0. The van der Waals surface area contributed by atoms with Crippen LogP contribution >= 0.6 is 11.6 Å². The minimum Gasteiger partial charge on any atom is -0.318 e. The number of oxime groups is 1. The second-order valence-corrected chi connectivity index (χ2v) is 5.57. The lowest BCUT2D eigenvalue weighted by Crippen LogP contribution is -2.23. The predicted octanol–water partition coefficient (Wildman–Crippen LogP) is 3.65. The van der Waals surface area contributed by atoms with Gasteiger partial charge in [-0.25, -0.2) is 4.79 Å². The monoisotopic (exact) mass is 257 g/mol. The minimum absolute atomic E-state index is 0.0390. The van der Waals surface area contributed by atoms with Crippen LogP contribution in [0.5, 0.6) is 0 Å². The Morgan fingerprint density at radius 3 is 2.53 bits per heavy atom. The number of nitrogens with zero attached hydrogens (tertiary/aromatic N) is 1. The number of carbonyl (C=O) groups is 1. The number of alkyl halides is 1. The zero-order valence-corrected chi connectivity index (χ0v) is 10.9. The van der Waals surface area contributed by atoms with Gasteiger partial charge in [0.25, 0.3) is 0 Å². The first-order valence-corrected chi connectivity index (χ1v) is 7.12. The summed E-state index contributed by atoms with van der Waals surface area (Å²) < 4.78 is 0. The molecule has 1 unspecified atom stereocenters. The van der Waals surface area contributed by atoms with E-state index in [1.807, 2.05) is 0 Å². The molecule has 2 saturated carbocycles. The van der Waals surface area contributed by atoms with Crippen molar-refractivity contribution in [1.82, 2.24) is 0 Å². The maximum atomic E-state index is 11.8. The van der Waals surface area contributed by atoms with Gasteiger partial charge in [0.1, 0.15) is 0 Å². The Balaban J connectivity index is 1.83. The molecule has 0 bridgehead atoms. The highest BCUT2D eigenvalue weighted by atomic mass is 35.5. The smallest absolute Gasteiger partial charge is 0.318 e. The van der Waals surface area contributed by atoms with E-state index in [9.17, 15) is 4.79 Å². The van der Waals surface area contributed by atoms with Crippen molar-refractivity contribution >= 4 is 23.3 Å². The van der Waals surface area contributed by atoms with Crippen LogP contribution in [-0.4, -0.2) is 17.1 Å². The second-order valence-electron chi connectivity index (χ2n) is 5.04. The van der Waals surface area contributed by atoms with E-state index >= 15 is 0 Å². The number of halogens is 1. The van der Waals surface area contributed by atoms with Gasteiger partial charge in [-0.2, -0.15) is 0 Å². The molecule has 0 saturated heterocycles. The summed E-state index contributed by atoms with van der Waals surface area (Å²) in [6, 6.07) is 0. The SMILES string of the molecule is O=C(O/N=C1/CCCCC1Cl)C1CCCCC1. The third kappa shape index (κ3) is 3.70. The van der Waals surface area contributed by atoms with Crippen molar-refractivity contribution in [1.29, 1.82) is 0 Å². The molecule has 0 amide bonds. The van der Waals surface area contributed by atoms with Crippen LogP contribution in [0.3, 0.4) is 0 Å². The fourth-order valence-electron chi connectivity index (χ4n) is 2.57.